The van der Waals surface area contributed by atoms with Crippen LogP contribution in [-0.4, -0.2) is 44.7 Å². The zero-order valence-electron chi connectivity index (χ0n) is 10.4. The van der Waals surface area contributed by atoms with Gasteiger partial charge in [-0.1, -0.05) is 28.1 Å². The van der Waals surface area contributed by atoms with Crippen molar-refractivity contribution in [3.8, 4) is 0 Å². The minimum atomic E-state index is 0.367. The molecule has 1 heterocycles. The summed E-state index contributed by atoms with van der Waals surface area (Å²) in [4.78, 5) is 2.38. The highest BCUT2D eigenvalue weighted by Gasteiger charge is 2.25. The lowest BCUT2D eigenvalue weighted by Crippen LogP contribution is -2.54. The van der Waals surface area contributed by atoms with Crippen LogP contribution in [0.4, 0.5) is 0 Å². The van der Waals surface area contributed by atoms with Crippen LogP contribution in [0.5, 0.6) is 0 Å². The Morgan fingerprint density at radius 2 is 2.12 bits per heavy atom. The van der Waals surface area contributed by atoms with Crippen LogP contribution in [0.2, 0.25) is 0 Å². The number of halogens is 1. The van der Waals surface area contributed by atoms with Gasteiger partial charge in [0.25, 0.3) is 0 Å². The number of nitrogens with one attached hydrogen (secondary N) is 2. The van der Waals surface area contributed by atoms with E-state index < -0.39 is 0 Å². The van der Waals surface area contributed by atoms with Crippen LogP contribution >= 0.6 is 15.9 Å². The molecule has 2 unspecified atom stereocenters. The Hall–Kier alpha value is -0.420. The lowest BCUT2D eigenvalue weighted by Gasteiger charge is -2.36. The van der Waals surface area contributed by atoms with Gasteiger partial charge in [-0.2, -0.15) is 0 Å². The largest absolute Gasteiger partial charge is 0.312 e. The molecule has 0 bridgehead atoms. The third-order valence-electron chi connectivity index (χ3n) is 3.35. The number of hydrogen-bond acceptors (Lipinski definition) is 3. The predicted octanol–water partition coefficient (Wildman–Crippen LogP) is 1.61. The van der Waals surface area contributed by atoms with Gasteiger partial charge < -0.3 is 15.5 Å². The Bertz CT molecular complexity index is 352. The molecular formula is C13H20BrN3. The molecule has 0 saturated carbocycles. The van der Waals surface area contributed by atoms with E-state index in [0.717, 1.165) is 24.1 Å². The van der Waals surface area contributed by atoms with Crippen molar-refractivity contribution in [2.75, 3.05) is 33.7 Å². The van der Waals surface area contributed by atoms with Crippen LogP contribution < -0.4 is 10.6 Å². The van der Waals surface area contributed by atoms with Crippen molar-refractivity contribution in [2.24, 2.45) is 0 Å². The van der Waals surface area contributed by atoms with Gasteiger partial charge in [-0.15, -0.1) is 0 Å². The van der Waals surface area contributed by atoms with Crippen LogP contribution in [0.1, 0.15) is 11.6 Å². The SMILES string of the molecule is CNC(c1ccc(Br)cc1)C1CN(C)CCN1. The first-order valence-corrected chi connectivity index (χ1v) is 6.84. The fourth-order valence-corrected chi connectivity index (χ4v) is 2.69. The maximum atomic E-state index is 3.60. The Morgan fingerprint density at radius 3 is 2.71 bits per heavy atom. The molecule has 0 spiro atoms. The molecule has 17 heavy (non-hydrogen) atoms. The van der Waals surface area contributed by atoms with Crippen molar-refractivity contribution in [3.63, 3.8) is 0 Å². The molecule has 94 valence electrons. The first-order chi connectivity index (χ1) is 8.20. The molecule has 4 heteroatoms. The molecule has 1 aliphatic rings. The molecule has 0 aliphatic carbocycles. The van der Waals surface area contributed by atoms with Crippen LogP contribution in [0.3, 0.4) is 0 Å². The van der Waals surface area contributed by atoms with Crippen LogP contribution in [0.15, 0.2) is 28.7 Å². The molecule has 1 fully saturated rings. The summed E-state index contributed by atoms with van der Waals surface area (Å²) in [7, 11) is 4.21. The monoisotopic (exact) mass is 297 g/mol. The smallest absolute Gasteiger partial charge is 0.0486 e. The van der Waals surface area contributed by atoms with Gasteiger partial charge >= 0.3 is 0 Å². The Balaban J connectivity index is 2.12. The van der Waals surface area contributed by atoms with Crippen LogP contribution in [0.25, 0.3) is 0 Å². The lowest BCUT2D eigenvalue weighted by atomic mass is 9.98. The average molecular weight is 298 g/mol. The zero-order chi connectivity index (χ0) is 12.3. The van der Waals surface area contributed by atoms with E-state index in [1.165, 1.54) is 5.56 Å². The first kappa shape index (κ1) is 13.0. The second-order valence-corrected chi connectivity index (χ2v) is 5.56. The number of piperazine rings is 1. The maximum Gasteiger partial charge on any atom is 0.0486 e. The van der Waals surface area contributed by atoms with E-state index in [1.807, 2.05) is 7.05 Å². The van der Waals surface area contributed by atoms with E-state index in [0.29, 0.717) is 12.1 Å². The van der Waals surface area contributed by atoms with Crippen molar-refractivity contribution < 1.29 is 0 Å². The quantitative estimate of drug-likeness (QED) is 0.888. The molecule has 1 aliphatic heterocycles. The predicted molar refractivity (Wildman–Crippen MR) is 75.2 cm³/mol. The van der Waals surface area contributed by atoms with Crippen LogP contribution in [0, 0.1) is 0 Å². The van der Waals surface area contributed by atoms with Crippen molar-refractivity contribution in [3.05, 3.63) is 34.3 Å². The minimum Gasteiger partial charge on any atom is -0.312 e. The van der Waals surface area contributed by atoms with Gasteiger partial charge in [0.2, 0.25) is 0 Å². The summed E-state index contributed by atoms with van der Waals surface area (Å²) in [5.74, 6) is 0. The van der Waals surface area contributed by atoms with E-state index >= 15 is 0 Å². The van der Waals surface area contributed by atoms with E-state index in [9.17, 15) is 0 Å². The summed E-state index contributed by atoms with van der Waals surface area (Å²) in [6.45, 7) is 3.28. The average Bonchev–Trinajstić information content (AvgIpc) is 2.33. The highest BCUT2D eigenvalue weighted by Crippen LogP contribution is 2.21. The summed E-state index contributed by atoms with van der Waals surface area (Å²) in [5, 5.41) is 7.02. The Labute approximate surface area is 112 Å². The molecule has 1 aromatic carbocycles. The highest BCUT2D eigenvalue weighted by molar-refractivity contribution is 9.10. The molecule has 2 N–H and O–H groups in total. The number of nitrogens with zero attached hydrogens (tertiary/aromatic N) is 1. The molecule has 1 aromatic rings. The van der Waals surface area contributed by atoms with Crippen LogP contribution in [-0.2, 0) is 0 Å². The number of benzene rings is 1. The molecule has 0 radical (unpaired) electrons. The summed E-state index contributed by atoms with van der Waals surface area (Å²) in [6, 6.07) is 9.41. The molecule has 2 atom stereocenters. The molecule has 0 aromatic heterocycles. The van der Waals surface area contributed by atoms with Gasteiger partial charge in [0.05, 0.1) is 0 Å². The fraction of sp³-hybridized carbons (Fsp3) is 0.538. The molecule has 3 nitrogen and oxygen atoms in total. The van der Waals surface area contributed by atoms with Gasteiger partial charge in [-0.25, -0.2) is 0 Å². The van der Waals surface area contributed by atoms with E-state index in [1.54, 1.807) is 0 Å². The second-order valence-electron chi connectivity index (χ2n) is 4.64. The van der Waals surface area contributed by atoms with Gasteiger partial charge in [0.15, 0.2) is 0 Å². The minimum absolute atomic E-state index is 0.367. The standard InChI is InChI=1S/C13H20BrN3/c1-15-13(10-3-5-11(14)6-4-10)12-9-17(2)8-7-16-12/h3-6,12-13,15-16H,7-9H2,1-2H3. The van der Waals surface area contributed by atoms with Crippen molar-refractivity contribution in [1.82, 2.24) is 15.5 Å². The lowest BCUT2D eigenvalue weighted by molar-refractivity contribution is 0.210. The first-order valence-electron chi connectivity index (χ1n) is 6.05. The molecule has 2 rings (SSSR count). The fourth-order valence-electron chi connectivity index (χ4n) is 2.43. The maximum absolute atomic E-state index is 3.60. The van der Waals surface area contributed by atoms with E-state index in [-0.39, 0.29) is 0 Å². The number of likely N-dealkylation sites (N-methyl/N-ethyl adjacent to an activating group) is 2. The summed E-state index contributed by atoms with van der Waals surface area (Å²) in [6.07, 6.45) is 0. The molecule has 1 saturated heterocycles. The van der Waals surface area contributed by atoms with Crippen molar-refractivity contribution >= 4 is 15.9 Å². The Kier molecular flexibility index (Phi) is 4.56. The molecule has 0 amide bonds. The van der Waals surface area contributed by atoms with Gasteiger partial charge in [0, 0.05) is 36.2 Å². The highest BCUT2D eigenvalue weighted by atomic mass is 79.9. The van der Waals surface area contributed by atoms with E-state index in [4.69, 9.17) is 0 Å². The van der Waals surface area contributed by atoms with Gasteiger partial charge in [0.1, 0.15) is 0 Å². The summed E-state index contributed by atoms with van der Waals surface area (Å²) >= 11 is 3.48. The second kappa shape index (κ2) is 5.96. The topological polar surface area (TPSA) is 27.3 Å². The summed E-state index contributed by atoms with van der Waals surface area (Å²) < 4.78 is 1.13. The third-order valence-corrected chi connectivity index (χ3v) is 3.88. The van der Waals surface area contributed by atoms with Crippen molar-refractivity contribution in [1.29, 1.82) is 0 Å². The third kappa shape index (κ3) is 3.28. The molecular weight excluding hydrogens is 278 g/mol. The van der Waals surface area contributed by atoms with E-state index in [2.05, 4.69) is 62.8 Å². The normalized spacial score (nSPS) is 23.6. The number of hydrogen-bond donors (Lipinski definition) is 2. The Morgan fingerprint density at radius 1 is 1.41 bits per heavy atom. The summed E-state index contributed by atoms with van der Waals surface area (Å²) in [5.41, 5.74) is 1.34. The number of rotatable bonds is 3. The van der Waals surface area contributed by atoms with Gasteiger partial charge in [-0.05, 0) is 31.8 Å². The zero-order valence-corrected chi connectivity index (χ0v) is 12.0. The van der Waals surface area contributed by atoms with Crippen molar-refractivity contribution in [2.45, 2.75) is 12.1 Å². The van der Waals surface area contributed by atoms with Gasteiger partial charge in [-0.3, -0.25) is 0 Å².